The average molecular weight is 278 g/mol. The number of fused-ring (bicyclic) bond motifs is 5. The van der Waals surface area contributed by atoms with Gasteiger partial charge in [-0.1, -0.05) is 6.92 Å². The molecule has 4 rings (SSSR count). The van der Waals surface area contributed by atoms with Gasteiger partial charge in [-0.3, -0.25) is 0 Å². The van der Waals surface area contributed by atoms with Crippen LogP contribution in [0, 0.1) is 35.0 Å². The molecule has 0 amide bonds. The summed E-state index contributed by atoms with van der Waals surface area (Å²) in [5, 5.41) is 20.3. The monoisotopic (exact) mass is 278 g/mol. The fraction of sp³-hybridized carbons (Fsp3) is 1.00. The second-order valence-electron chi connectivity index (χ2n) is 8.54. The Morgan fingerprint density at radius 3 is 2.45 bits per heavy atom. The Labute approximate surface area is 123 Å². The van der Waals surface area contributed by atoms with E-state index in [1.807, 2.05) is 0 Å². The van der Waals surface area contributed by atoms with Gasteiger partial charge in [0.25, 0.3) is 0 Å². The average Bonchev–Trinajstić information content (AvgIpc) is 2.74. The predicted molar refractivity (Wildman–Crippen MR) is 79.1 cm³/mol. The minimum Gasteiger partial charge on any atom is -0.393 e. The highest BCUT2D eigenvalue weighted by Crippen LogP contribution is 2.62. The van der Waals surface area contributed by atoms with Crippen molar-refractivity contribution in [2.24, 2.45) is 35.0 Å². The van der Waals surface area contributed by atoms with Crippen LogP contribution in [0.25, 0.3) is 0 Å². The van der Waals surface area contributed by atoms with Crippen molar-refractivity contribution in [3.63, 3.8) is 0 Å². The third kappa shape index (κ3) is 1.83. The van der Waals surface area contributed by atoms with Crippen molar-refractivity contribution in [1.29, 1.82) is 0 Å². The van der Waals surface area contributed by atoms with E-state index in [1.54, 1.807) is 0 Å². The van der Waals surface area contributed by atoms with Gasteiger partial charge >= 0.3 is 0 Å². The SMILES string of the molecule is CC12CCC3C4CCC(O)CC4CCC3C1CCC2O. The van der Waals surface area contributed by atoms with Gasteiger partial charge in [-0.25, -0.2) is 0 Å². The molecular formula is C18H30O2. The molecule has 4 saturated carbocycles. The molecule has 2 N–H and O–H groups in total. The number of aliphatic hydroxyl groups is 2. The Bertz CT molecular complexity index is 382. The lowest BCUT2D eigenvalue weighted by Crippen LogP contribution is -2.49. The van der Waals surface area contributed by atoms with Crippen molar-refractivity contribution in [2.45, 2.75) is 76.9 Å². The van der Waals surface area contributed by atoms with Crippen molar-refractivity contribution >= 4 is 0 Å². The van der Waals surface area contributed by atoms with E-state index in [0.717, 1.165) is 48.9 Å². The molecule has 2 heteroatoms. The molecule has 0 radical (unpaired) electrons. The fourth-order valence-electron chi connectivity index (χ4n) is 6.80. The van der Waals surface area contributed by atoms with Crippen LogP contribution >= 0.6 is 0 Å². The zero-order valence-corrected chi connectivity index (χ0v) is 12.8. The van der Waals surface area contributed by atoms with Gasteiger partial charge in [0.2, 0.25) is 0 Å². The summed E-state index contributed by atoms with van der Waals surface area (Å²) in [6, 6.07) is 0. The smallest absolute Gasteiger partial charge is 0.0596 e. The van der Waals surface area contributed by atoms with Crippen LogP contribution in [-0.2, 0) is 0 Å². The lowest BCUT2D eigenvalue weighted by molar-refractivity contribution is -0.0913. The standard InChI is InChI=1S/C18H30O2/c1-18-9-8-14-13-5-3-12(19)10-11(13)2-4-15(14)16(18)6-7-17(18)20/h11-17,19-20H,2-10H2,1H3. The van der Waals surface area contributed by atoms with Crippen molar-refractivity contribution in [1.82, 2.24) is 0 Å². The quantitative estimate of drug-likeness (QED) is 0.713. The highest BCUT2D eigenvalue weighted by molar-refractivity contribution is 5.06. The number of hydrogen-bond acceptors (Lipinski definition) is 2. The van der Waals surface area contributed by atoms with E-state index in [4.69, 9.17) is 0 Å². The Hall–Kier alpha value is -0.0800. The van der Waals surface area contributed by atoms with Crippen molar-refractivity contribution in [2.75, 3.05) is 0 Å². The summed E-state index contributed by atoms with van der Waals surface area (Å²) in [5.74, 6) is 4.26. The zero-order valence-electron chi connectivity index (χ0n) is 12.8. The summed E-state index contributed by atoms with van der Waals surface area (Å²) in [7, 11) is 0. The van der Waals surface area contributed by atoms with Crippen molar-refractivity contribution in [3.05, 3.63) is 0 Å². The molecule has 0 aromatic carbocycles. The van der Waals surface area contributed by atoms with Gasteiger partial charge in [0.15, 0.2) is 0 Å². The fourth-order valence-corrected chi connectivity index (χ4v) is 6.80. The predicted octanol–water partition coefficient (Wildman–Crippen LogP) is 3.36. The molecule has 8 atom stereocenters. The molecule has 4 fully saturated rings. The van der Waals surface area contributed by atoms with Crippen molar-refractivity contribution in [3.8, 4) is 0 Å². The topological polar surface area (TPSA) is 40.5 Å². The van der Waals surface area contributed by atoms with E-state index in [-0.39, 0.29) is 17.6 Å². The molecule has 8 unspecified atom stereocenters. The Balaban J connectivity index is 1.57. The highest BCUT2D eigenvalue weighted by atomic mass is 16.3. The van der Waals surface area contributed by atoms with Crippen LogP contribution in [0.2, 0.25) is 0 Å². The molecule has 0 heterocycles. The molecule has 2 nitrogen and oxygen atoms in total. The molecule has 0 aromatic rings. The maximum atomic E-state index is 10.4. The molecule has 0 spiro atoms. The van der Waals surface area contributed by atoms with Gasteiger partial charge in [-0.05, 0) is 92.8 Å². The summed E-state index contributed by atoms with van der Waals surface area (Å²) in [5.41, 5.74) is 0.224. The van der Waals surface area contributed by atoms with Crippen LogP contribution in [0.3, 0.4) is 0 Å². The van der Waals surface area contributed by atoms with Crippen LogP contribution in [-0.4, -0.2) is 22.4 Å². The summed E-state index contributed by atoms with van der Waals surface area (Å²) < 4.78 is 0. The molecular weight excluding hydrogens is 248 g/mol. The maximum Gasteiger partial charge on any atom is 0.0596 e. The van der Waals surface area contributed by atoms with Gasteiger partial charge in [0.1, 0.15) is 0 Å². The second kappa shape index (κ2) is 4.71. The largest absolute Gasteiger partial charge is 0.393 e. The first kappa shape index (κ1) is 13.6. The van der Waals surface area contributed by atoms with Gasteiger partial charge in [-0.15, -0.1) is 0 Å². The Morgan fingerprint density at radius 2 is 1.60 bits per heavy atom. The molecule has 0 saturated heterocycles. The summed E-state index contributed by atoms with van der Waals surface area (Å²) in [6.07, 6.45) is 10.9. The van der Waals surface area contributed by atoms with Crippen LogP contribution in [0.15, 0.2) is 0 Å². The Morgan fingerprint density at radius 1 is 0.800 bits per heavy atom. The number of aliphatic hydroxyl groups excluding tert-OH is 2. The van der Waals surface area contributed by atoms with E-state index in [1.165, 1.54) is 38.5 Å². The highest BCUT2D eigenvalue weighted by Gasteiger charge is 2.56. The minimum atomic E-state index is -0.0423. The van der Waals surface area contributed by atoms with Gasteiger partial charge in [0, 0.05) is 0 Å². The van der Waals surface area contributed by atoms with E-state index in [9.17, 15) is 10.2 Å². The summed E-state index contributed by atoms with van der Waals surface area (Å²) in [4.78, 5) is 0. The molecule has 4 aliphatic carbocycles. The van der Waals surface area contributed by atoms with Gasteiger partial charge < -0.3 is 10.2 Å². The lowest BCUT2D eigenvalue weighted by atomic mass is 9.50. The maximum absolute atomic E-state index is 10.4. The molecule has 4 aliphatic rings. The van der Waals surface area contributed by atoms with E-state index in [2.05, 4.69) is 6.92 Å². The zero-order chi connectivity index (χ0) is 13.9. The lowest BCUT2D eigenvalue weighted by Gasteiger charge is -2.55. The first-order valence-corrected chi connectivity index (χ1v) is 8.95. The molecule has 0 aliphatic heterocycles. The van der Waals surface area contributed by atoms with Crippen LogP contribution in [0.5, 0.6) is 0 Å². The van der Waals surface area contributed by atoms with Crippen LogP contribution < -0.4 is 0 Å². The summed E-state index contributed by atoms with van der Waals surface area (Å²) in [6.45, 7) is 2.36. The number of hydrogen-bond donors (Lipinski definition) is 2. The second-order valence-corrected chi connectivity index (χ2v) is 8.54. The third-order valence-electron chi connectivity index (χ3n) is 7.88. The van der Waals surface area contributed by atoms with Crippen LogP contribution in [0.4, 0.5) is 0 Å². The molecule has 0 aromatic heterocycles. The van der Waals surface area contributed by atoms with E-state index < -0.39 is 0 Å². The molecule has 0 bridgehead atoms. The van der Waals surface area contributed by atoms with Crippen LogP contribution in [0.1, 0.15) is 64.7 Å². The molecule has 114 valence electrons. The third-order valence-corrected chi connectivity index (χ3v) is 7.88. The number of rotatable bonds is 0. The van der Waals surface area contributed by atoms with E-state index in [0.29, 0.717) is 0 Å². The first-order valence-electron chi connectivity index (χ1n) is 8.95. The Kier molecular flexibility index (Phi) is 3.20. The van der Waals surface area contributed by atoms with Crippen molar-refractivity contribution < 1.29 is 10.2 Å². The van der Waals surface area contributed by atoms with Gasteiger partial charge in [-0.2, -0.15) is 0 Å². The van der Waals surface area contributed by atoms with E-state index >= 15 is 0 Å². The summed E-state index contributed by atoms with van der Waals surface area (Å²) >= 11 is 0. The molecule has 20 heavy (non-hydrogen) atoms. The first-order chi connectivity index (χ1) is 9.59. The normalized spacial score (nSPS) is 58.6. The van der Waals surface area contributed by atoms with Gasteiger partial charge in [0.05, 0.1) is 12.2 Å². The minimum absolute atomic E-state index is 0.0186.